The lowest BCUT2D eigenvalue weighted by atomic mass is 9.87. The van der Waals surface area contributed by atoms with Gasteiger partial charge in [0, 0.05) is 0 Å². The molecule has 4 amide bonds. The zero-order valence-corrected chi connectivity index (χ0v) is 18.3. The van der Waals surface area contributed by atoms with E-state index in [-0.39, 0.29) is 11.1 Å². The van der Waals surface area contributed by atoms with Crippen molar-refractivity contribution in [3.05, 3.63) is 102 Å². The Morgan fingerprint density at radius 3 is 1.74 bits per heavy atom. The summed E-state index contributed by atoms with van der Waals surface area (Å²) in [6.45, 7) is 0. The third kappa shape index (κ3) is 2.82. The van der Waals surface area contributed by atoms with E-state index in [9.17, 15) is 24.4 Å². The Morgan fingerprint density at radius 1 is 0.657 bits per heavy atom. The number of fused-ring (bicyclic) bond motifs is 2. The van der Waals surface area contributed by atoms with Crippen molar-refractivity contribution in [2.75, 3.05) is 4.90 Å². The van der Waals surface area contributed by atoms with Gasteiger partial charge >= 0.3 is 0 Å². The molecule has 35 heavy (non-hydrogen) atoms. The second-order valence-corrected chi connectivity index (χ2v) is 8.68. The van der Waals surface area contributed by atoms with Crippen molar-refractivity contribution in [2.24, 2.45) is 11.8 Å². The lowest BCUT2D eigenvalue weighted by Crippen LogP contribution is -2.52. The molecule has 4 unspecified atom stereocenters. The smallest absolute Gasteiger partial charge is 0.274 e. The van der Waals surface area contributed by atoms with Gasteiger partial charge in [0.15, 0.2) is 0 Å². The van der Waals surface area contributed by atoms with Gasteiger partial charge in [0.05, 0.1) is 40.8 Å². The molecule has 0 N–H and O–H groups in total. The Morgan fingerprint density at radius 2 is 1.17 bits per heavy atom. The highest BCUT2D eigenvalue weighted by Gasteiger charge is 2.66. The lowest BCUT2D eigenvalue weighted by Gasteiger charge is -2.35. The molecule has 6 rings (SSSR count). The maximum atomic E-state index is 13.8. The highest BCUT2D eigenvalue weighted by atomic mass is 16.2. The van der Waals surface area contributed by atoms with Crippen molar-refractivity contribution in [1.82, 2.24) is 10.0 Å². The van der Waals surface area contributed by atoms with Gasteiger partial charge in [0.2, 0.25) is 11.8 Å². The number of hydrogen-bond donors (Lipinski definition) is 0. The monoisotopic (exact) mass is 462 g/mol. The van der Waals surface area contributed by atoms with E-state index >= 15 is 0 Å². The maximum absolute atomic E-state index is 13.8. The summed E-state index contributed by atoms with van der Waals surface area (Å²) >= 11 is 0. The molecule has 0 aliphatic carbocycles. The van der Waals surface area contributed by atoms with Crippen molar-refractivity contribution in [3.63, 3.8) is 0 Å². The molecule has 3 aromatic rings. The quantitative estimate of drug-likeness (QED) is 0.555. The van der Waals surface area contributed by atoms with Crippen LogP contribution in [0.5, 0.6) is 0 Å². The van der Waals surface area contributed by atoms with Crippen molar-refractivity contribution in [1.29, 1.82) is 5.26 Å². The molecule has 0 saturated carbocycles. The molecule has 8 nitrogen and oxygen atoms in total. The van der Waals surface area contributed by atoms with Crippen molar-refractivity contribution >= 4 is 29.3 Å². The number of nitrogens with zero attached hydrogens (tertiary/aromatic N) is 4. The number of carbonyl (C=O) groups is 4. The van der Waals surface area contributed by atoms with E-state index < -0.39 is 47.5 Å². The van der Waals surface area contributed by atoms with E-state index in [4.69, 9.17) is 0 Å². The summed E-state index contributed by atoms with van der Waals surface area (Å²) in [4.78, 5) is 55.3. The molecular weight excluding hydrogens is 444 g/mol. The number of hydrogen-bond acceptors (Lipinski definition) is 6. The Kier molecular flexibility index (Phi) is 4.62. The van der Waals surface area contributed by atoms with Crippen LogP contribution in [0, 0.1) is 23.2 Å². The van der Waals surface area contributed by atoms with Crippen LogP contribution in [-0.2, 0) is 9.59 Å². The van der Waals surface area contributed by atoms with Gasteiger partial charge in [0.1, 0.15) is 6.04 Å². The zero-order chi connectivity index (χ0) is 24.3. The number of carbonyl (C=O) groups excluding carboxylic acids is 4. The highest BCUT2D eigenvalue weighted by molar-refractivity contribution is 6.24. The number of imide groups is 2. The van der Waals surface area contributed by atoms with E-state index in [0.717, 1.165) is 9.91 Å². The molecule has 2 fully saturated rings. The van der Waals surface area contributed by atoms with Crippen LogP contribution in [0.15, 0.2) is 84.9 Å². The fourth-order valence-electron chi connectivity index (χ4n) is 5.50. The first-order valence-electron chi connectivity index (χ1n) is 11.2. The van der Waals surface area contributed by atoms with Gasteiger partial charge in [0.25, 0.3) is 11.8 Å². The Balaban J connectivity index is 1.51. The summed E-state index contributed by atoms with van der Waals surface area (Å²) in [5, 5.41) is 12.5. The van der Waals surface area contributed by atoms with Gasteiger partial charge in [-0.3, -0.25) is 19.2 Å². The zero-order valence-electron chi connectivity index (χ0n) is 18.3. The lowest BCUT2D eigenvalue weighted by molar-refractivity contribution is -0.125. The number of hydrazine groups is 1. The van der Waals surface area contributed by atoms with E-state index in [1.165, 1.54) is 5.01 Å². The van der Waals surface area contributed by atoms with Gasteiger partial charge in [-0.15, -0.1) is 0 Å². The minimum atomic E-state index is -1.20. The second kappa shape index (κ2) is 7.72. The first-order valence-corrected chi connectivity index (χ1v) is 11.2. The van der Waals surface area contributed by atoms with Gasteiger partial charge < -0.3 is 0 Å². The maximum Gasteiger partial charge on any atom is 0.276 e. The fourth-order valence-corrected chi connectivity index (χ4v) is 5.50. The van der Waals surface area contributed by atoms with Crippen LogP contribution < -0.4 is 4.90 Å². The van der Waals surface area contributed by atoms with E-state index in [0.29, 0.717) is 11.3 Å². The predicted octanol–water partition coefficient (Wildman–Crippen LogP) is 2.95. The van der Waals surface area contributed by atoms with Crippen molar-refractivity contribution in [2.45, 2.75) is 12.1 Å². The topological polar surface area (TPSA) is 102 Å². The van der Waals surface area contributed by atoms with Gasteiger partial charge in [-0.05, 0) is 29.8 Å². The number of benzene rings is 3. The fraction of sp³-hybridized carbons (Fsp3) is 0.148. The second-order valence-electron chi connectivity index (χ2n) is 8.68. The minimum absolute atomic E-state index is 0.224. The molecular formula is C27H18N4O4. The van der Waals surface area contributed by atoms with Crippen LogP contribution in [0.4, 0.5) is 5.69 Å². The third-order valence-corrected chi connectivity index (χ3v) is 6.94. The molecule has 0 radical (unpaired) electrons. The molecule has 8 heteroatoms. The number of para-hydroxylation sites is 1. The molecule has 4 atom stereocenters. The van der Waals surface area contributed by atoms with Gasteiger partial charge in [-0.2, -0.15) is 15.3 Å². The Labute approximate surface area is 200 Å². The minimum Gasteiger partial charge on any atom is -0.274 e. The van der Waals surface area contributed by atoms with Crippen molar-refractivity contribution in [3.8, 4) is 6.07 Å². The molecule has 3 heterocycles. The molecule has 3 aliphatic heterocycles. The van der Waals surface area contributed by atoms with Gasteiger partial charge in [-0.25, -0.2) is 4.90 Å². The summed E-state index contributed by atoms with van der Waals surface area (Å²) in [5.74, 6) is -4.11. The average Bonchev–Trinajstić information content (AvgIpc) is 3.45. The highest BCUT2D eigenvalue weighted by Crippen LogP contribution is 2.52. The number of amides is 4. The van der Waals surface area contributed by atoms with Crippen LogP contribution >= 0.6 is 0 Å². The SMILES string of the molecule is N#CC1C2C(=O)N(c3ccccc3)C(=O)C2C(c2ccccc2)N1N1C(=O)c2ccccc2C1=O. The molecule has 0 aromatic heterocycles. The summed E-state index contributed by atoms with van der Waals surface area (Å²) in [7, 11) is 0. The molecule has 3 aliphatic rings. The van der Waals surface area contributed by atoms with E-state index in [2.05, 4.69) is 6.07 Å². The first kappa shape index (κ1) is 21.0. The van der Waals surface area contributed by atoms with Crippen LogP contribution in [0.3, 0.4) is 0 Å². The summed E-state index contributed by atoms with van der Waals surface area (Å²) < 4.78 is 0. The third-order valence-electron chi connectivity index (χ3n) is 6.94. The van der Waals surface area contributed by atoms with Crippen LogP contribution in [0.2, 0.25) is 0 Å². The van der Waals surface area contributed by atoms with E-state index in [1.54, 1.807) is 78.9 Å². The summed E-state index contributed by atoms with van der Waals surface area (Å²) in [5.41, 5.74) is 1.50. The summed E-state index contributed by atoms with van der Waals surface area (Å²) in [6.07, 6.45) is 0. The summed E-state index contributed by atoms with van der Waals surface area (Å²) in [6, 6.07) is 24.0. The number of nitriles is 1. The normalized spacial score (nSPS) is 25.7. The first-order chi connectivity index (χ1) is 17.0. The van der Waals surface area contributed by atoms with Crippen LogP contribution in [0.1, 0.15) is 32.3 Å². The molecule has 0 spiro atoms. The molecule has 2 saturated heterocycles. The predicted molar refractivity (Wildman–Crippen MR) is 123 cm³/mol. The molecule has 0 bridgehead atoms. The standard InChI is InChI=1S/C27H18N4O4/c28-15-20-21-22(27(35)29(26(21)34)17-11-5-2-6-12-17)23(16-9-3-1-4-10-16)30(20)31-24(32)18-13-7-8-14-19(18)25(31)33/h1-14,20-23H. The van der Waals surface area contributed by atoms with Gasteiger partial charge in [-0.1, -0.05) is 60.7 Å². The van der Waals surface area contributed by atoms with E-state index in [1.807, 2.05) is 6.07 Å². The molecule has 3 aromatic carbocycles. The largest absolute Gasteiger partial charge is 0.276 e. The van der Waals surface area contributed by atoms with Crippen LogP contribution in [-0.4, -0.2) is 39.7 Å². The number of rotatable bonds is 3. The molecule has 170 valence electrons. The van der Waals surface area contributed by atoms with Crippen LogP contribution in [0.25, 0.3) is 0 Å². The number of anilines is 1. The Bertz CT molecular complexity index is 1400. The van der Waals surface area contributed by atoms with Crippen molar-refractivity contribution < 1.29 is 19.2 Å². The average molecular weight is 462 g/mol. The Hall–Kier alpha value is -4.61.